The van der Waals surface area contributed by atoms with Gasteiger partial charge in [-0.2, -0.15) is 4.99 Å². The predicted octanol–water partition coefficient (Wildman–Crippen LogP) is -0.303. The van der Waals surface area contributed by atoms with Crippen molar-refractivity contribution in [3.8, 4) is 0 Å². The number of carbonyl (C=O) groups is 1. The van der Waals surface area contributed by atoms with Crippen LogP contribution in [0.25, 0.3) is 0 Å². The molecule has 0 aromatic carbocycles. The monoisotopic (exact) mass is 230 g/mol. The Bertz CT molecular complexity index is 295. The second-order valence-corrected chi connectivity index (χ2v) is 4.66. The number of ether oxygens (including phenoxy) is 1. The summed E-state index contributed by atoms with van der Waals surface area (Å²) in [5.74, 6) is 0.359. The number of aliphatic hydroxyl groups is 1. The number of aliphatic hydroxyl groups excluding tert-OH is 1. The van der Waals surface area contributed by atoms with Crippen LogP contribution in [-0.4, -0.2) is 58.7 Å². The molecule has 0 bridgehead atoms. The Balaban J connectivity index is 2.06. The van der Waals surface area contributed by atoms with E-state index in [-0.39, 0.29) is 24.7 Å². The molecule has 1 amide bonds. The van der Waals surface area contributed by atoms with Crippen molar-refractivity contribution in [2.45, 2.75) is 19.1 Å². The molecule has 6 heteroatoms. The highest BCUT2D eigenvalue weighted by atomic mass is 32.2. The fraction of sp³-hybridized carbons (Fsp3) is 0.778. The fourth-order valence-corrected chi connectivity index (χ4v) is 2.54. The van der Waals surface area contributed by atoms with Gasteiger partial charge in [0.15, 0.2) is 5.17 Å². The normalized spacial score (nSPS) is 32.0. The van der Waals surface area contributed by atoms with E-state index in [2.05, 4.69) is 4.99 Å². The summed E-state index contributed by atoms with van der Waals surface area (Å²) in [5.41, 5.74) is 0. The van der Waals surface area contributed by atoms with Crippen molar-refractivity contribution in [1.29, 1.82) is 0 Å². The zero-order chi connectivity index (χ0) is 10.8. The number of amides is 1. The summed E-state index contributed by atoms with van der Waals surface area (Å²) in [5, 5.41) is 9.80. The predicted molar refractivity (Wildman–Crippen MR) is 57.9 cm³/mol. The molecule has 0 aromatic heterocycles. The average molecular weight is 230 g/mol. The number of rotatable bonds is 1. The minimum Gasteiger partial charge on any atom is -0.394 e. The first-order valence-electron chi connectivity index (χ1n) is 4.94. The number of nitrogens with zero attached hydrogens (tertiary/aromatic N) is 2. The highest BCUT2D eigenvalue weighted by molar-refractivity contribution is 8.14. The minimum absolute atomic E-state index is 0.00904. The summed E-state index contributed by atoms with van der Waals surface area (Å²) in [4.78, 5) is 17.0. The number of amidine groups is 1. The molecule has 2 aliphatic heterocycles. The molecule has 0 saturated carbocycles. The summed E-state index contributed by atoms with van der Waals surface area (Å²) in [6, 6.07) is 0.213. The third kappa shape index (κ3) is 2.32. The van der Waals surface area contributed by atoms with Crippen LogP contribution in [0, 0.1) is 0 Å². The van der Waals surface area contributed by atoms with Gasteiger partial charge in [-0.05, 0) is 6.92 Å². The van der Waals surface area contributed by atoms with E-state index >= 15 is 0 Å². The second kappa shape index (κ2) is 4.51. The van der Waals surface area contributed by atoms with E-state index in [1.165, 1.54) is 11.8 Å². The molecule has 2 heterocycles. The van der Waals surface area contributed by atoms with Gasteiger partial charge in [-0.3, -0.25) is 4.79 Å². The van der Waals surface area contributed by atoms with Gasteiger partial charge in [0.1, 0.15) is 0 Å². The Morgan fingerprint density at radius 1 is 1.73 bits per heavy atom. The molecule has 1 N–H and O–H groups in total. The van der Waals surface area contributed by atoms with Crippen LogP contribution in [0.2, 0.25) is 0 Å². The van der Waals surface area contributed by atoms with E-state index in [9.17, 15) is 4.79 Å². The Morgan fingerprint density at radius 2 is 2.53 bits per heavy atom. The summed E-state index contributed by atoms with van der Waals surface area (Å²) in [6.07, 6.45) is -0.166. The molecular weight excluding hydrogens is 216 g/mol. The van der Waals surface area contributed by atoms with Crippen LogP contribution in [0.5, 0.6) is 0 Å². The largest absolute Gasteiger partial charge is 0.394 e. The van der Waals surface area contributed by atoms with Crippen LogP contribution >= 0.6 is 11.8 Å². The molecule has 1 saturated heterocycles. The standard InChI is InChI=1S/C9H14N2O3S/c1-6-4-14-7(3-12)2-11(6)9-10-8(13)5-15-9/h6-7,12H,2-5H2,1H3. The molecule has 2 aliphatic rings. The molecule has 2 rings (SSSR count). The van der Waals surface area contributed by atoms with Gasteiger partial charge >= 0.3 is 0 Å². The van der Waals surface area contributed by atoms with E-state index in [0.717, 1.165) is 5.17 Å². The van der Waals surface area contributed by atoms with Crippen LogP contribution in [-0.2, 0) is 9.53 Å². The Hall–Kier alpha value is -0.590. The first kappa shape index (κ1) is 10.9. The van der Waals surface area contributed by atoms with Crippen LogP contribution < -0.4 is 0 Å². The lowest BCUT2D eigenvalue weighted by Crippen LogP contribution is -2.51. The van der Waals surface area contributed by atoms with Crippen molar-refractivity contribution in [2.75, 3.05) is 25.5 Å². The van der Waals surface area contributed by atoms with E-state index in [1.54, 1.807) is 0 Å². The van der Waals surface area contributed by atoms with E-state index < -0.39 is 0 Å². The Kier molecular flexibility index (Phi) is 3.28. The number of carbonyl (C=O) groups excluding carboxylic acids is 1. The van der Waals surface area contributed by atoms with Crippen LogP contribution in [0.15, 0.2) is 4.99 Å². The van der Waals surface area contributed by atoms with Crippen LogP contribution in [0.4, 0.5) is 0 Å². The molecular formula is C9H14N2O3S. The number of hydrogen-bond acceptors (Lipinski definition) is 5. The first-order chi connectivity index (χ1) is 7.20. The van der Waals surface area contributed by atoms with Gasteiger partial charge in [-0.25, -0.2) is 0 Å². The lowest BCUT2D eigenvalue weighted by atomic mass is 10.2. The lowest BCUT2D eigenvalue weighted by Gasteiger charge is -2.38. The van der Waals surface area contributed by atoms with Crippen molar-refractivity contribution in [3.63, 3.8) is 0 Å². The fourth-order valence-electron chi connectivity index (χ4n) is 1.64. The molecule has 0 aliphatic carbocycles. The second-order valence-electron chi connectivity index (χ2n) is 3.72. The molecule has 0 aromatic rings. The number of hydrogen-bond donors (Lipinski definition) is 1. The SMILES string of the molecule is CC1COC(CO)CN1C1=NC(=O)CS1. The van der Waals surface area contributed by atoms with Crippen LogP contribution in [0.1, 0.15) is 6.92 Å². The Morgan fingerprint density at radius 3 is 3.13 bits per heavy atom. The Labute approximate surface area is 92.5 Å². The molecule has 2 atom stereocenters. The van der Waals surface area contributed by atoms with Crippen molar-refractivity contribution in [1.82, 2.24) is 4.90 Å². The smallest absolute Gasteiger partial charge is 0.258 e. The van der Waals surface area contributed by atoms with Gasteiger partial charge in [-0.15, -0.1) is 0 Å². The van der Waals surface area contributed by atoms with Crippen molar-refractivity contribution < 1.29 is 14.6 Å². The highest BCUT2D eigenvalue weighted by Gasteiger charge is 2.30. The summed E-state index contributed by atoms with van der Waals surface area (Å²) < 4.78 is 5.42. The quantitative estimate of drug-likeness (QED) is 0.670. The molecule has 0 radical (unpaired) electrons. The average Bonchev–Trinajstić information content (AvgIpc) is 2.65. The van der Waals surface area contributed by atoms with Gasteiger partial charge in [0, 0.05) is 6.54 Å². The zero-order valence-electron chi connectivity index (χ0n) is 8.55. The molecule has 5 nitrogen and oxygen atoms in total. The number of aliphatic imine (C=N–C) groups is 1. The van der Waals surface area contributed by atoms with E-state index in [1.807, 2.05) is 11.8 Å². The molecule has 84 valence electrons. The van der Waals surface area contributed by atoms with Gasteiger partial charge in [0.25, 0.3) is 5.91 Å². The minimum atomic E-state index is -0.166. The zero-order valence-corrected chi connectivity index (χ0v) is 9.37. The van der Waals surface area contributed by atoms with Gasteiger partial charge in [-0.1, -0.05) is 11.8 Å². The summed E-state index contributed by atoms with van der Waals surface area (Å²) in [7, 11) is 0. The van der Waals surface area contributed by atoms with E-state index in [0.29, 0.717) is 18.9 Å². The van der Waals surface area contributed by atoms with Gasteiger partial charge in [0.2, 0.25) is 0 Å². The van der Waals surface area contributed by atoms with Gasteiger partial charge < -0.3 is 14.7 Å². The van der Waals surface area contributed by atoms with Crippen molar-refractivity contribution >= 4 is 22.8 Å². The molecule has 1 fully saturated rings. The number of thioether (sulfide) groups is 1. The van der Waals surface area contributed by atoms with Crippen molar-refractivity contribution in [3.05, 3.63) is 0 Å². The molecule has 2 unspecified atom stereocenters. The topological polar surface area (TPSA) is 62.1 Å². The van der Waals surface area contributed by atoms with E-state index in [4.69, 9.17) is 9.84 Å². The molecule has 0 spiro atoms. The van der Waals surface area contributed by atoms with Crippen LogP contribution in [0.3, 0.4) is 0 Å². The third-order valence-corrected chi connectivity index (χ3v) is 3.48. The summed E-state index contributed by atoms with van der Waals surface area (Å²) >= 11 is 1.46. The maximum Gasteiger partial charge on any atom is 0.258 e. The highest BCUT2D eigenvalue weighted by Crippen LogP contribution is 2.22. The van der Waals surface area contributed by atoms with Gasteiger partial charge in [0.05, 0.1) is 31.1 Å². The van der Waals surface area contributed by atoms with Crippen molar-refractivity contribution in [2.24, 2.45) is 4.99 Å². The lowest BCUT2D eigenvalue weighted by molar-refractivity contribution is -0.115. The maximum atomic E-state index is 11.0. The first-order valence-corrected chi connectivity index (χ1v) is 5.92. The maximum absolute atomic E-state index is 11.0. The number of morpholine rings is 1. The summed E-state index contributed by atoms with van der Waals surface area (Å²) in [6.45, 7) is 3.21. The third-order valence-electron chi connectivity index (χ3n) is 2.50. The molecule has 15 heavy (non-hydrogen) atoms.